The van der Waals surface area contributed by atoms with Crippen molar-refractivity contribution in [1.82, 2.24) is 14.8 Å². The van der Waals surface area contributed by atoms with Crippen molar-refractivity contribution in [2.75, 3.05) is 25.9 Å². The summed E-state index contributed by atoms with van der Waals surface area (Å²) in [6.45, 7) is 10.5. The van der Waals surface area contributed by atoms with E-state index in [4.69, 9.17) is 10.7 Å². The molecule has 1 unspecified atom stereocenters. The Bertz CT molecular complexity index is 972. The van der Waals surface area contributed by atoms with Crippen molar-refractivity contribution in [3.8, 4) is 0 Å². The van der Waals surface area contributed by atoms with Gasteiger partial charge in [0, 0.05) is 55.4 Å². The van der Waals surface area contributed by atoms with Gasteiger partial charge in [-0.3, -0.25) is 4.98 Å². The van der Waals surface area contributed by atoms with Gasteiger partial charge in [0.25, 0.3) is 0 Å². The van der Waals surface area contributed by atoms with Crippen LogP contribution in [0.5, 0.6) is 0 Å². The summed E-state index contributed by atoms with van der Waals surface area (Å²) in [4.78, 5) is 13.5. The van der Waals surface area contributed by atoms with Gasteiger partial charge < -0.3 is 15.5 Å². The third-order valence-corrected chi connectivity index (χ3v) is 5.71. The molecule has 0 spiro atoms. The second-order valence-corrected chi connectivity index (χ2v) is 7.66. The van der Waals surface area contributed by atoms with Crippen LogP contribution in [-0.2, 0) is 0 Å². The number of hydrogen-bond acceptors (Lipinski definition) is 5. The first-order valence-electron chi connectivity index (χ1n) is 9.96. The van der Waals surface area contributed by atoms with Gasteiger partial charge in [0.05, 0.1) is 5.70 Å². The molecule has 0 amide bonds. The van der Waals surface area contributed by atoms with Gasteiger partial charge in [-0.15, -0.1) is 0 Å². The Balaban J connectivity index is 1.57. The summed E-state index contributed by atoms with van der Waals surface area (Å²) in [6, 6.07) is 12.0. The Labute approximate surface area is 172 Å². The number of hydrogen-bond donors (Lipinski definition) is 1. The van der Waals surface area contributed by atoms with Crippen molar-refractivity contribution in [2.24, 2.45) is 10.9 Å². The summed E-state index contributed by atoms with van der Waals surface area (Å²) in [5.74, 6) is 1.33. The molecule has 1 fully saturated rings. The van der Waals surface area contributed by atoms with E-state index < -0.39 is 0 Å². The minimum atomic E-state index is 0.382. The molecule has 1 saturated heterocycles. The molecule has 3 heterocycles. The largest absolute Gasteiger partial charge is 0.399 e. The number of nitrogen functional groups attached to an aromatic ring is 1. The van der Waals surface area contributed by atoms with Gasteiger partial charge in [-0.1, -0.05) is 25.3 Å². The Hall–Kier alpha value is -3.34. The fourth-order valence-electron chi connectivity index (χ4n) is 3.93. The lowest BCUT2D eigenvalue weighted by molar-refractivity contribution is 0.275. The van der Waals surface area contributed by atoms with E-state index in [9.17, 15) is 0 Å². The predicted octanol–water partition coefficient (Wildman–Crippen LogP) is 4.25. The number of allylic oxidation sites excluding steroid dienone is 1. The van der Waals surface area contributed by atoms with Crippen molar-refractivity contribution >= 4 is 22.9 Å². The number of likely N-dealkylation sites (tertiary alicyclic amines) is 1. The van der Waals surface area contributed by atoms with Crippen LogP contribution in [0, 0.1) is 5.92 Å². The molecule has 1 aromatic carbocycles. The number of likely N-dealkylation sites (N-methyl/N-ethyl adjacent to an activating group) is 1. The minimum Gasteiger partial charge on any atom is -0.399 e. The van der Waals surface area contributed by atoms with E-state index in [1.54, 1.807) is 12.4 Å². The van der Waals surface area contributed by atoms with Crippen LogP contribution in [0.2, 0.25) is 0 Å². The SMILES string of the molecule is C=C(c1ccc(N)cc1)C1CCCN(C2=NC(c3ccncc3)=CC(=C)N2C)C1. The first-order chi connectivity index (χ1) is 14.0. The lowest BCUT2D eigenvalue weighted by atomic mass is 9.87. The molecule has 0 radical (unpaired) electrons. The van der Waals surface area contributed by atoms with Gasteiger partial charge >= 0.3 is 0 Å². The molecule has 2 aliphatic heterocycles. The highest BCUT2D eigenvalue weighted by molar-refractivity contribution is 5.91. The second-order valence-electron chi connectivity index (χ2n) is 7.66. The molecule has 1 atom stereocenters. The molecule has 148 valence electrons. The average molecular weight is 386 g/mol. The standard InChI is InChI=1S/C24H27N5/c1-17-15-23(20-10-12-26-13-11-20)27-24(28(17)3)29-14-4-5-21(16-29)18(2)19-6-8-22(25)9-7-19/h6-13,15,21H,1-2,4-5,14,16,25H2,3H3. The molecular formula is C24H27N5. The van der Waals surface area contributed by atoms with Gasteiger partial charge in [0.1, 0.15) is 0 Å². The fourth-order valence-corrected chi connectivity index (χ4v) is 3.93. The third kappa shape index (κ3) is 3.94. The highest BCUT2D eigenvalue weighted by atomic mass is 15.4. The summed E-state index contributed by atoms with van der Waals surface area (Å²) in [5.41, 5.74) is 11.8. The topological polar surface area (TPSA) is 57.8 Å². The van der Waals surface area contributed by atoms with Gasteiger partial charge in [-0.25, -0.2) is 4.99 Å². The highest BCUT2D eigenvalue weighted by Gasteiger charge is 2.28. The van der Waals surface area contributed by atoms with Crippen LogP contribution < -0.4 is 5.73 Å². The maximum Gasteiger partial charge on any atom is 0.206 e. The van der Waals surface area contributed by atoms with Crippen LogP contribution in [0.15, 0.2) is 78.7 Å². The van der Waals surface area contributed by atoms with Crippen molar-refractivity contribution in [3.63, 3.8) is 0 Å². The summed E-state index contributed by atoms with van der Waals surface area (Å²) in [5, 5.41) is 0. The Morgan fingerprint density at radius 2 is 1.86 bits per heavy atom. The molecule has 0 bridgehead atoms. The zero-order valence-electron chi connectivity index (χ0n) is 16.9. The van der Waals surface area contributed by atoms with E-state index in [0.717, 1.165) is 65.7 Å². The normalized spacial score (nSPS) is 19.6. The molecular weight excluding hydrogens is 358 g/mol. The molecule has 2 aromatic rings. The monoisotopic (exact) mass is 385 g/mol. The van der Waals surface area contributed by atoms with Crippen LogP contribution in [0.4, 0.5) is 5.69 Å². The lowest BCUT2D eigenvalue weighted by Gasteiger charge is -2.40. The van der Waals surface area contributed by atoms with Gasteiger partial charge in [0.15, 0.2) is 0 Å². The minimum absolute atomic E-state index is 0.382. The number of rotatable bonds is 3. The second kappa shape index (κ2) is 7.95. The number of guanidine groups is 1. The van der Waals surface area contributed by atoms with Crippen LogP contribution in [0.25, 0.3) is 11.3 Å². The fraction of sp³-hybridized carbons (Fsp3) is 0.250. The zero-order valence-corrected chi connectivity index (χ0v) is 16.9. The number of anilines is 1. The zero-order chi connectivity index (χ0) is 20.4. The molecule has 0 aliphatic carbocycles. The van der Waals surface area contributed by atoms with Crippen LogP contribution in [0.3, 0.4) is 0 Å². The van der Waals surface area contributed by atoms with Crippen LogP contribution in [-0.4, -0.2) is 40.9 Å². The van der Waals surface area contributed by atoms with E-state index in [2.05, 4.69) is 40.1 Å². The highest BCUT2D eigenvalue weighted by Crippen LogP contribution is 2.32. The van der Waals surface area contributed by atoms with E-state index in [1.807, 2.05) is 37.4 Å². The molecule has 4 rings (SSSR count). The number of pyridine rings is 1. The molecule has 2 aliphatic rings. The maximum absolute atomic E-state index is 5.84. The number of benzene rings is 1. The van der Waals surface area contributed by atoms with Crippen molar-refractivity contribution < 1.29 is 0 Å². The predicted molar refractivity (Wildman–Crippen MR) is 121 cm³/mol. The molecule has 5 nitrogen and oxygen atoms in total. The molecule has 0 saturated carbocycles. The first-order valence-corrected chi connectivity index (χ1v) is 9.96. The van der Waals surface area contributed by atoms with E-state index in [1.165, 1.54) is 0 Å². The summed E-state index contributed by atoms with van der Waals surface area (Å²) in [7, 11) is 2.03. The summed E-state index contributed by atoms with van der Waals surface area (Å²) < 4.78 is 0. The molecule has 5 heteroatoms. The van der Waals surface area contributed by atoms with Crippen molar-refractivity contribution in [1.29, 1.82) is 0 Å². The number of aliphatic imine (C=N–C) groups is 1. The van der Waals surface area contributed by atoms with E-state index >= 15 is 0 Å². The number of aromatic nitrogens is 1. The van der Waals surface area contributed by atoms with Crippen LogP contribution >= 0.6 is 0 Å². The average Bonchev–Trinajstić information content (AvgIpc) is 2.76. The summed E-state index contributed by atoms with van der Waals surface area (Å²) >= 11 is 0. The Kier molecular flexibility index (Phi) is 5.21. The Morgan fingerprint density at radius 1 is 1.14 bits per heavy atom. The Morgan fingerprint density at radius 3 is 2.59 bits per heavy atom. The number of nitrogens with two attached hydrogens (primary N) is 1. The first kappa shape index (κ1) is 19.0. The van der Waals surface area contributed by atoms with Gasteiger partial charge in [-0.05, 0) is 54.3 Å². The number of piperidine rings is 1. The van der Waals surface area contributed by atoms with Gasteiger partial charge in [-0.2, -0.15) is 0 Å². The smallest absolute Gasteiger partial charge is 0.206 e. The van der Waals surface area contributed by atoms with Crippen molar-refractivity contribution in [3.05, 3.63) is 84.8 Å². The van der Waals surface area contributed by atoms with E-state index in [-0.39, 0.29) is 0 Å². The van der Waals surface area contributed by atoms with Crippen molar-refractivity contribution in [2.45, 2.75) is 12.8 Å². The third-order valence-electron chi connectivity index (χ3n) is 5.71. The lowest BCUT2D eigenvalue weighted by Crippen LogP contribution is -2.47. The quantitative estimate of drug-likeness (QED) is 0.803. The van der Waals surface area contributed by atoms with Crippen LogP contribution in [0.1, 0.15) is 24.0 Å². The molecule has 1 aromatic heterocycles. The molecule has 2 N–H and O–H groups in total. The summed E-state index contributed by atoms with van der Waals surface area (Å²) in [6.07, 6.45) is 7.84. The number of nitrogens with zero attached hydrogens (tertiary/aromatic N) is 4. The molecule has 29 heavy (non-hydrogen) atoms. The van der Waals surface area contributed by atoms with Gasteiger partial charge in [0.2, 0.25) is 5.96 Å². The van der Waals surface area contributed by atoms with E-state index in [0.29, 0.717) is 5.92 Å². The maximum atomic E-state index is 5.84.